The Hall–Kier alpha value is -4.24. The number of aromatic nitrogens is 4. The van der Waals surface area contributed by atoms with Crippen LogP contribution in [0.3, 0.4) is 0 Å². The van der Waals surface area contributed by atoms with Crippen LogP contribution >= 0.6 is 11.3 Å². The van der Waals surface area contributed by atoms with Crippen LogP contribution in [0.15, 0.2) is 78.4 Å². The van der Waals surface area contributed by atoms with E-state index in [9.17, 15) is 9.59 Å². The first-order valence-electron chi connectivity index (χ1n) is 9.84. The van der Waals surface area contributed by atoms with E-state index in [1.54, 1.807) is 16.6 Å². The number of rotatable bonds is 5. The Morgan fingerprint density at radius 3 is 2.34 bits per heavy atom. The number of nitrogens with one attached hydrogen (secondary N) is 2. The average Bonchev–Trinajstić information content (AvgIpc) is 3.52. The van der Waals surface area contributed by atoms with Gasteiger partial charge in [0.15, 0.2) is 0 Å². The van der Waals surface area contributed by atoms with Crippen molar-refractivity contribution in [3.8, 4) is 16.9 Å². The number of carbonyl (C=O) groups excluding carboxylic acids is 2. The molecule has 0 aliphatic heterocycles. The Balaban J connectivity index is 1.34. The summed E-state index contributed by atoms with van der Waals surface area (Å²) >= 11 is 1.43. The first-order valence-corrected chi connectivity index (χ1v) is 10.7. The lowest BCUT2D eigenvalue weighted by molar-refractivity contribution is -0.114. The average molecular weight is 443 g/mol. The first-order chi connectivity index (χ1) is 15.6. The van der Waals surface area contributed by atoms with Gasteiger partial charge in [0.25, 0.3) is 11.9 Å². The van der Waals surface area contributed by atoms with Crippen LogP contribution in [0.1, 0.15) is 17.3 Å². The van der Waals surface area contributed by atoms with E-state index >= 15 is 0 Å². The zero-order chi connectivity index (χ0) is 22.1. The van der Waals surface area contributed by atoms with Crippen molar-refractivity contribution < 1.29 is 9.59 Å². The minimum Gasteiger partial charge on any atom is -0.326 e. The third-order valence-electron chi connectivity index (χ3n) is 4.84. The summed E-state index contributed by atoms with van der Waals surface area (Å²) < 4.78 is 3.67. The second kappa shape index (κ2) is 8.12. The van der Waals surface area contributed by atoms with Gasteiger partial charge in [-0.3, -0.25) is 14.9 Å². The van der Waals surface area contributed by atoms with Crippen molar-refractivity contribution in [2.75, 3.05) is 10.6 Å². The summed E-state index contributed by atoms with van der Waals surface area (Å²) in [6, 6.07) is 18.7. The van der Waals surface area contributed by atoms with Crippen LogP contribution in [0, 0.1) is 0 Å². The maximum Gasteiger partial charge on any atom is 0.258 e. The molecule has 2 aromatic carbocycles. The predicted octanol–water partition coefficient (Wildman–Crippen LogP) is 4.46. The van der Waals surface area contributed by atoms with Gasteiger partial charge in [-0.15, -0.1) is 16.4 Å². The monoisotopic (exact) mass is 442 g/mol. The highest BCUT2D eigenvalue weighted by molar-refractivity contribution is 7.15. The highest BCUT2D eigenvalue weighted by Crippen LogP contribution is 2.27. The van der Waals surface area contributed by atoms with Crippen molar-refractivity contribution in [1.29, 1.82) is 0 Å². The Bertz CT molecular complexity index is 1400. The van der Waals surface area contributed by atoms with Crippen LogP contribution in [0.5, 0.6) is 0 Å². The normalized spacial score (nSPS) is 10.9. The molecule has 5 aromatic rings. The third kappa shape index (κ3) is 3.88. The Morgan fingerprint density at radius 2 is 1.66 bits per heavy atom. The van der Waals surface area contributed by atoms with Gasteiger partial charge in [-0.1, -0.05) is 12.1 Å². The van der Waals surface area contributed by atoms with Crippen LogP contribution in [-0.4, -0.2) is 31.0 Å². The molecule has 0 aliphatic carbocycles. The van der Waals surface area contributed by atoms with E-state index in [2.05, 4.69) is 20.7 Å². The molecule has 158 valence electrons. The van der Waals surface area contributed by atoms with Gasteiger partial charge in [0.2, 0.25) is 10.9 Å². The fourth-order valence-corrected chi connectivity index (χ4v) is 4.16. The summed E-state index contributed by atoms with van der Waals surface area (Å²) in [7, 11) is 0. The van der Waals surface area contributed by atoms with Gasteiger partial charge in [-0.2, -0.15) is 4.98 Å². The number of hydrogen-bond acceptors (Lipinski definition) is 5. The first kappa shape index (κ1) is 19.7. The molecule has 0 spiro atoms. The largest absolute Gasteiger partial charge is 0.326 e. The summed E-state index contributed by atoms with van der Waals surface area (Å²) in [6.45, 7) is 1.47. The third-order valence-corrected chi connectivity index (χ3v) is 5.66. The number of benzene rings is 2. The van der Waals surface area contributed by atoms with E-state index in [4.69, 9.17) is 0 Å². The maximum atomic E-state index is 12.7. The molecule has 8 nitrogen and oxygen atoms in total. The molecule has 5 rings (SSSR count). The van der Waals surface area contributed by atoms with Crippen LogP contribution < -0.4 is 10.6 Å². The van der Waals surface area contributed by atoms with Crippen LogP contribution in [-0.2, 0) is 4.79 Å². The Kier molecular flexibility index (Phi) is 5.00. The fourth-order valence-electron chi connectivity index (χ4n) is 3.33. The molecule has 3 aromatic heterocycles. The topological polar surface area (TPSA) is 93.3 Å². The molecule has 2 amide bonds. The van der Waals surface area contributed by atoms with Crippen molar-refractivity contribution >= 4 is 39.7 Å². The van der Waals surface area contributed by atoms with Gasteiger partial charge in [-0.05, 0) is 48.5 Å². The van der Waals surface area contributed by atoms with Gasteiger partial charge < -0.3 is 9.88 Å². The number of thiazole rings is 1. The highest BCUT2D eigenvalue weighted by atomic mass is 32.1. The van der Waals surface area contributed by atoms with Crippen LogP contribution in [0.25, 0.3) is 21.9 Å². The molecule has 9 heteroatoms. The summed E-state index contributed by atoms with van der Waals surface area (Å²) in [5.74, 6) is -0.150. The van der Waals surface area contributed by atoms with E-state index in [1.807, 2.05) is 70.9 Å². The zero-order valence-corrected chi connectivity index (χ0v) is 17.8. The molecule has 0 atom stereocenters. The number of nitrogens with zero attached hydrogens (tertiary/aromatic N) is 4. The summed E-state index contributed by atoms with van der Waals surface area (Å²) in [5, 5.41) is 11.9. The van der Waals surface area contributed by atoms with Crippen molar-refractivity contribution in [2.24, 2.45) is 0 Å². The number of carbonyl (C=O) groups is 2. The molecular weight excluding hydrogens is 424 g/mol. The summed E-state index contributed by atoms with van der Waals surface area (Å²) in [6.07, 6.45) is 3.89. The maximum absolute atomic E-state index is 12.7. The highest BCUT2D eigenvalue weighted by Gasteiger charge is 2.14. The van der Waals surface area contributed by atoms with Gasteiger partial charge >= 0.3 is 0 Å². The van der Waals surface area contributed by atoms with Gasteiger partial charge in [0, 0.05) is 47.2 Å². The SMILES string of the molecule is CC(=O)Nc1ccc(-c2csc3nc(NC(=O)c4ccc(-n5cccc5)cc4)nn23)cc1. The standard InChI is InChI=1S/C23H18N6O2S/c1-15(30)24-18-8-4-16(5-9-18)20-14-32-23-26-22(27-29(20)23)25-21(31)17-6-10-19(11-7-17)28-12-2-3-13-28/h2-14H,1H3,(H,24,30)(H,25,27,31). The molecule has 0 aliphatic rings. The van der Waals surface area contributed by atoms with Gasteiger partial charge in [-0.25, -0.2) is 4.52 Å². The lowest BCUT2D eigenvalue weighted by Gasteiger charge is -2.05. The van der Waals surface area contributed by atoms with Gasteiger partial charge in [0.05, 0.1) is 5.69 Å². The number of amides is 2. The number of fused-ring (bicyclic) bond motifs is 1. The van der Waals surface area contributed by atoms with Crippen molar-refractivity contribution in [3.05, 3.63) is 84.0 Å². The summed E-state index contributed by atoms with van der Waals surface area (Å²) in [5.41, 5.74) is 3.99. The smallest absolute Gasteiger partial charge is 0.258 e. The van der Waals surface area contributed by atoms with E-state index in [0.717, 1.165) is 22.6 Å². The Morgan fingerprint density at radius 1 is 0.938 bits per heavy atom. The van der Waals surface area contributed by atoms with E-state index < -0.39 is 0 Å². The van der Waals surface area contributed by atoms with E-state index in [1.165, 1.54) is 18.3 Å². The van der Waals surface area contributed by atoms with Gasteiger partial charge in [0.1, 0.15) is 0 Å². The lowest BCUT2D eigenvalue weighted by Crippen LogP contribution is -2.13. The van der Waals surface area contributed by atoms with Crippen molar-refractivity contribution in [1.82, 2.24) is 19.2 Å². The quantitative estimate of drug-likeness (QED) is 0.420. The molecule has 0 saturated carbocycles. The molecule has 2 N–H and O–H groups in total. The fraction of sp³-hybridized carbons (Fsp3) is 0.0435. The molecular formula is C23H18N6O2S. The number of hydrogen-bond donors (Lipinski definition) is 2. The molecule has 3 heterocycles. The van der Waals surface area contributed by atoms with Crippen LogP contribution in [0.2, 0.25) is 0 Å². The predicted molar refractivity (Wildman–Crippen MR) is 124 cm³/mol. The molecule has 0 bridgehead atoms. The number of anilines is 2. The van der Waals surface area contributed by atoms with Crippen molar-refractivity contribution in [2.45, 2.75) is 6.92 Å². The van der Waals surface area contributed by atoms with E-state index in [-0.39, 0.29) is 17.8 Å². The van der Waals surface area contributed by atoms with Crippen LogP contribution in [0.4, 0.5) is 11.6 Å². The minimum atomic E-state index is -0.275. The molecule has 0 fully saturated rings. The Labute approximate surface area is 187 Å². The van der Waals surface area contributed by atoms with Crippen molar-refractivity contribution in [3.63, 3.8) is 0 Å². The zero-order valence-electron chi connectivity index (χ0n) is 17.0. The second-order valence-corrected chi connectivity index (χ2v) is 7.94. The molecule has 32 heavy (non-hydrogen) atoms. The minimum absolute atomic E-state index is 0.119. The molecule has 0 radical (unpaired) electrons. The van der Waals surface area contributed by atoms with E-state index in [0.29, 0.717) is 10.5 Å². The second-order valence-electron chi connectivity index (χ2n) is 7.10. The molecule has 0 unspecified atom stereocenters. The summed E-state index contributed by atoms with van der Waals surface area (Å²) in [4.78, 5) is 28.9. The lowest BCUT2D eigenvalue weighted by atomic mass is 10.1. The molecule has 0 saturated heterocycles.